The van der Waals surface area contributed by atoms with Crippen molar-refractivity contribution in [2.45, 2.75) is 24.7 Å². The van der Waals surface area contributed by atoms with E-state index in [2.05, 4.69) is 20.6 Å². The third-order valence-corrected chi connectivity index (χ3v) is 5.37. The van der Waals surface area contributed by atoms with Crippen molar-refractivity contribution in [3.05, 3.63) is 34.6 Å². The fourth-order valence-corrected chi connectivity index (χ4v) is 3.71. The molecule has 1 aromatic heterocycles. The lowest BCUT2D eigenvalue weighted by Gasteiger charge is -2.20. The molecular formula is C12H16ClN5O2S. The minimum Gasteiger partial charge on any atom is -0.207 e. The molecule has 0 aliphatic heterocycles. The number of nitrogens with zero attached hydrogens (tertiary/aromatic N) is 4. The molecule has 1 unspecified atom stereocenters. The molecule has 1 N–H and O–H groups in total. The number of likely N-dealkylation sites (N-methyl/N-ethyl adjacent to an activating group) is 1. The van der Waals surface area contributed by atoms with Crippen molar-refractivity contribution in [2.75, 3.05) is 13.6 Å². The van der Waals surface area contributed by atoms with E-state index >= 15 is 0 Å². The number of aromatic amines is 1. The summed E-state index contributed by atoms with van der Waals surface area (Å²) in [6.07, 6.45) is 0. The smallest absolute Gasteiger partial charge is 0.207 e. The molecule has 2 rings (SSSR count). The first kappa shape index (κ1) is 15.9. The molecule has 0 fully saturated rings. The maximum Gasteiger partial charge on any atom is 0.243 e. The van der Waals surface area contributed by atoms with Gasteiger partial charge in [-0.1, -0.05) is 29.8 Å². The standard InChI is InChI=1S/C12H16ClN5O2S/c1-8-4-5-10(13)6-11(8)21(19,20)18(3)7-9(2)12-14-16-17-15-12/h4-6,9H,7H2,1-3H3,(H,14,15,16,17). The Morgan fingerprint density at radius 2 is 2.14 bits per heavy atom. The third-order valence-electron chi connectivity index (χ3n) is 3.17. The van der Waals surface area contributed by atoms with E-state index in [9.17, 15) is 8.42 Å². The quantitative estimate of drug-likeness (QED) is 0.899. The molecular weight excluding hydrogens is 314 g/mol. The maximum absolute atomic E-state index is 12.6. The van der Waals surface area contributed by atoms with Crippen LogP contribution in [-0.2, 0) is 10.0 Å². The van der Waals surface area contributed by atoms with Crippen molar-refractivity contribution in [2.24, 2.45) is 0 Å². The molecule has 114 valence electrons. The molecule has 7 nitrogen and oxygen atoms in total. The maximum atomic E-state index is 12.6. The van der Waals surface area contributed by atoms with Crippen molar-refractivity contribution < 1.29 is 8.42 Å². The molecule has 0 spiro atoms. The van der Waals surface area contributed by atoms with Gasteiger partial charge in [0.2, 0.25) is 10.0 Å². The fraction of sp³-hybridized carbons (Fsp3) is 0.417. The number of aryl methyl sites for hydroxylation is 1. The first-order valence-electron chi connectivity index (χ1n) is 6.28. The highest BCUT2D eigenvalue weighted by Gasteiger charge is 2.25. The molecule has 0 amide bonds. The largest absolute Gasteiger partial charge is 0.243 e. The van der Waals surface area contributed by atoms with Gasteiger partial charge < -0.3 is 0 Å². The van der Waals surface area contributed by atoms with E-state index in [4.69, 9.17) is 11.6 Å². The number of benzene rings is 1. The minimum atomic E-state index is -3.62. The summed E-state index contributed by atoms with van der Waals surface area (Å²) >= 11 is 5.90. The number of tetrazole rings is 1. The molecule has 0 saturated heterocycles. The summed E-state index contributed by atoms with van der Waals surface area (Å²) in [5.41, 5.74) is 0.651. The number of rotatable bonds is 5. The SMILES string of the molecule is Cc1ccc(Cl)cc1S(=O)(=O)N(C)CC(C)c1nn[nH]n1. The predicted molar refractivity (Wildman–Crippen MR) is 78.6 cm³/mol. The third kappa shape index (κ3) is 3.39. The summed E-state index contributed by atoms with van der Waals surface area (Å²) < 4.78 is 26.5. The van der Waals surface area contributed by atoms with Crippen LogP contribution in [0.25, 0.3) is 0 Å². The van der Waals surface area contributed by atoms with Gasteiger partial charge in [0.05, 0.1) is 4.90 Å². The summed E-state index contributed by atoms with van der Waals surface area (Å²) in [4.78, 5) is 0.206. The first-order valence-corrected chi connectivity index (χ1v) is 8.10. The van der Waals surface area contributed by atoms with Gasteiger partial charge in [0, 0.05) is 24.5 Å². The molecule has 0 aliphatic carbocycles. The minimum absolute atomic E-state index is 0.178. The predicted octanol–water partition coefficient (Wildman–Crippen LogP) is 1.59. The highest BCUT2D eigenvalue weighted by atomic mass is 35.5. The van der Waals surface area contributed by atoms with Gasteiger partial charge in [-0.2, -0.15) is 5.21 Å². The van der Waals surface area contributed by atoms with Gasteiger partial charge in [-0.05, 0) is 24.6 Å². The molecule has 2 aromatic rings. The molecule has 0 radical (unpaired) electrons. The number of halogens is 1. The molecule has 1 heterocycles. The van der Waals surface area contributed by atoms with E-state index in [0.717, 1.165) is 0 Å². The zero-order valence-electron chi connectivity index (χ0n) is 11.9. The van der Waals surface area contributed by atoms with Crippen molar-refractivity contribution in [1.82, 2.24) is 24.9 Å². The van der Waals surface area contributed by atoms with E-state index in [1.54, 1.807) is 19.1 Å². The lowest BCUT2D eigenvalue weighted by Crippen LogP contribution is -2.31. The van der Waals surface area contributed by atoms with Gasteiger partial charge >= 0.3 is 0 Å². The molecule has 0 bridgehead atoms. The Hall–Kier alpha value is -1.51. The van der Waals surface area contributed by atoms with Crippen LogP contribution in [0.4, 0.5) is 0 Å². The average molecular weight is 330 g/mol. The zero-order valence-corrected chi connectivity index (χ0v) is 13.5. The fourth-order valence-electron chi connectivity index (χ4n) is 1.96. The van der Waals surface area contributed by atoms with E-state index in [-0.39, 0.29) is 17.4 Å². The Labute approximate surface area is 128 Å². The molecule has 9 heteroatoms. The zero-order chi connectivity index (χ0) is 15.6. The highest BCUT2D eigenvalue weighted by molar-refractivity contribution is 7.89. The van der Waals surface area contributed by atoms with Crippen LogP contribution in [0.2, 0.25) is 5.02 Å². The number of H-pyrrole nitrogens is 1. The summed E-state index contributed by atoms with van der Waals surface area (Å²) in [5.74, 6) is 0.294. The number of sulfonamides is 1. The van der Waals surface area contributed by atoms with Crippen LogP contribution in [0.5, 0.6) is 0 Å². The monoisotopic (exact) mass is 329 g/mol. The molecule has 0 aliphatic rings. The molecule has 1 aromatic carbocycles. The Bertz CT molecular complexity index is 717. The van der Waals surface area contributed by atoms with E-state index in [0.29, 0.717) is 16.4 Å². The molecule has 0 saturated carbocycles. The molecule has 21 heavy (non-hydrogen) atoms. The van der Waals surface area contributed by atoms with Crippen LogP contribution in [0.15, 0.2) is 23.1 Å². The lowest BCUT2D eigenvalue weighted by atomic mass is 10.2. The first-order chi connectivity index (χ1) is 9.82. The van der Waals surface area contributed by atoms with Crippen LogP contribution in [0, 0.1) is 6.92 Å². The van der Waals surface area contributed by atoms with Crippen LogP contribution in [0.1, 0.15) is 24.2 Å². The highest BCUT2D eigenvalue weighted by Crippen LogP contribution is 2.24. The van der Waals surface area contributed by atoms with E-state index < -0.39 is 10.0 Å². The Morgan fingerprint density at radius 3 is 2.76 bits per heavy atom. The number of hydrogen-bond donors (Lipinski definition) is 1. The topological polar surface area (TPSA) is 91.8 Å². The number of nitrogens with one attached hydrogen (secondary N) is 1. The Balaban J connectivity index is 2.25. The summed E-state index contributed by atoms with van der Waals surface area (Å²) in [6.45, 7) is 3.81. The number of hydrogen-bond acceptors (Lipinski definition) is 5. The summed E-state index contributed by atoms with van der Waals surface area (Å²) in [5, 5.41) is 13.9. The van der Waals surface area contributed by atoms with Gasteiger partial charge in [-0.15, -0.1) is 10.2 Å². The second-order valence-corrected chi connectivity index (χ2v) is 7.32. The molecule has 1 atom stereocenters. The van der Waals surface area contributed by atoms with Crippen LogP contribution < -0.4 is 0 Å². The number of aromatic nitrogens is 4. The van der Waals surface area contributed by atoms with Crippen LogP contribution >= 0.6 is 11.6 Å². The van der Waals surface area contributed by atoms with Gasteiger partial charge in [-0.3, -0.25) is 0 Å². The van der Waals surface area contributed by atoms with Crippen LogP contribution in [-0.4, -0.2) is 46.9 Å². The van der Waals surface area contributed by atoms with E-state index in [1.165, 1.54) is 17.4 Å². The second-order valence-electron chi connectivity index (χ2n) is 4.87. The van der Waals surface area contributed by atoms with Crippen molar-refractivity contribution in [3.63, 3.8) is 0 Å². The summed E-state index contributed by atoms with van der Waals surface area (Å²) in [6, 6.07) is 4.81. The van der Waals surface area contributed by atoms with Crippen molar-refractivity contribution in [3.8, 4) is 0 Å². The van der Waals surface area contributed by atoms with Crippen LogP contribution in [0.3, 0.4) is 0 Å². The van der Waals surface area contributed by atoms with Gasteiger partial charge in [0.15, 0.2) is 5.82 Å². The van der Waals surface area contributed by atoms with Gasteiger partial charge in [0.25, 0.3) is 0 Å². The summed E-state index contributed by atoms with van der Waals surface area (Å²) in [7, 11) is -2.10. The van der Waals surface area contributed by atoms with E-state index in [1.807, 2.05) is 6.92 Å². The van der Waals surface area contributed by atoms with Gasteiger partial charge in [-0.25, -0.2) is 12.7 Å². The lowest BCUT2D eigenvalue weighted by molar-refractivity contribution is 0.439. The van der Waals surface area contributed by atoms with Crippen molar-refractivity contribution in [1.29, 1.82) is 0 Å². The average Bonchev–Trinajstić information content (AvgIpc) is 2.95. The van der Waals surface area contributed by atoms with Crippen molar-refractivity contribution >= 4 is 21.6 Å². The Morgan fingerprint density at radius 1 is 1.43 bits per heavy atom. The van der Waals surface area contributed by atoms with Gasteiger partial charge in [0.1, 0.15) is 0 Å². The Kier molecular flexibility index (Phi) is 4.60. The normalized spacial score (nSPS) is 13.6. The second kappa shape index (κ2) is 6.08.